The maximum absolute atomic E-state index is 5.63. The summed E-state index contributed by atoms with van der Waals surface area (Å²) in [5, 5.41) is 3.08. The van der Waals surface area contributed by atoms with Crippen LogP contribution >= 0.6 is 0 Å². The van der Waals surface area contributed by atoms with E-state index < -0.39 is 17.6 Å². The molecular weight excluding hydrogens is 216 g/mol. The van der Waals surface area contributed by atoms with Gasteiger partial charge < -0.3 is 4.74 Å². The van der Waals surface area contributed by atoms with Gasteiger partial charge in [-0.3, -0.25) is 0 Å². The van der Waals surface area contributed by atoms with Crippen LogP contribution in [-0.4, -0.2) is 24.2 Å². The third-order valence-corrected chi connectivity index (χ3v) is 5.93. The Kier molecular flexibility index (Phi) is 4.60. The molecule has 3 heteroatoms. The van der Waals surface area contributed by atoms with Crippen LogP contribution in [0.3, 0.4) is 0 Å². The molecule has 0 aliphatic carbocycles. The van der Waals surface area contributed by atoms with Crippen molar-refractivity contribution < 1.29 is 4.74 Å². The number of benzene rings is 1. The third-order valence-electron chi connectivity index (χ3n) is 2.60. The van der Waals surface area contributed by atoms with E-state index in [1.807, 2.05) is 6.92 Å². The van der Waals surface area contributed by atoms with E-state index in [1.54, 1.807) is 0 Å². The van der Waals surface area contributed by atoms with Gasteiger partial charge in [0.15, 0.2) is 0 Å². The highest BCUT2D eigenvalue weighted by atomic mass is 28.3. The van der Waals surface area contributed by atoms with Gasteiger partial charge in [-0.2, -0.15) is 0 Å². The molecule has 0 radical (unpaired) electrons. The first kappa shape index (κ1) is 12.5. The summed E-state index contributed by atoms with van der Waals surface area (Å²) in [5.41, 5.74) is 0. The maximum atomic E-state index is 5.63. The molecule has 0 fully saturated rings. The first-order valence-electron chi connectivity index (χ1n) is 5.82. The van der Waals surface area contributed by atoms with Crippen LogP contribution in [0.4, 0.5) is 0 Å². The summed E-state index contributed by atoms with van der Waals surface area (Å²) >= 11 is 0. The average Bonchev–Trinajstić information content (AvgIpc) is 2.17. The van der Waals surface area contributed by atoms with Gasteiger partial charge in [-0.05, 0) is 19.1 Å². The number of hydrogen-bond acceptors (Lipinski definition) is 1. The first-order chi connectivity index (χ1) is 7.04. The van der Waals surface area contributed by atoms with Crippen LogP contribution in [0.1, 0.15) is 6.92 Å². The predicted molar refractivity (Wildman–Crippen MR) is 74.6 cm³/mol. The topological polar surface area (TPSA) is 9.23 Å². The molecule has 1 rings (SSSR count). The van der Waals surface area contributed by atoms with Crippen molar-refractivity contribution in [3.05, 3.63) is 18.2 Å². The molecule has 0 spiro atoms. The average molecular weight is 238 g/mol. The molecule has 84 valence electrons. The smallest absolute Gasteiger partial charge is 0.119 e. The second-order valence-corrected chi connectivity index (χ2v) is 10.5. The molecule has 0 aliphatic heterocycles. The van der Waals surface area contributed by atoms with Crippen molar-refractivity contribution in [1.82, 2.24) is 0 Å². The van der Waals surface area contributed by atoms with E-state index in [0.29, 0.717) is 0 Å². The quantitative estimate of drug-likeness (QED) is 0.722. The van der Waals surface area contributed by atoms with Crippen molar-refractivity contribution in [2.45, 2.75) is 33.1 Å². The number of ether oxygens (including phenoxy) is 1. The van der Waals surface area contributed by atoms with Crippen LogP contribution in [0.15, 0.2) is 18.2 Å². The van der Waals surface area contributed by atoms with Crippen LogP contribution in [-0.2, 0) is 0 Å². The van der Waals surface area contributed by atoms with Crippen molar-refractivity contribution in [3.8, 4) is 5.75 Å². The van der Waals surface area contributed by atoms with Crippen LogP contribution in [0.25, 0.3) is 0 Å². The summed E-state index contributed by atoms with van der Waals surface area (Å²) < 4.78 is 5.63. The lowest BCUT2D eigenvalue weighted by atomic mass is 10.3. The van der Waals surface area contributed by atoms with E-state index in [4.69, 9.17) is 4.74 Å². The van der Waals surface area contributed by atoms with Crippen molar-refractivity contribution in [1.29, 1.82) is 0 Å². The van der Waals surface area contributed by atoms with Gasteiger partial charge in [0.2, 0.25) is 0 Å². The van der Waals surface area contributed by atoms with Crippen LogP contribution in [0.2, 0.25) is 26.2 Å². The predicted octanol–water partition coefficient (Wildman–Crippen LogP) is 1.47. The Balaban J connectivity index is 3.08. The van der Waals surface area contributed by atoms with Crippen LogP contribution in [0, 0.1) is 0 Å². The normalized spacial score (nSPS) is 11.1. The molecule has 0 N–H and O–H groups in total. The van der Waals surface area contributed by atoms with Crippen LogP contribution < -0.4 is 15.1 Å². The van der Waals surface area contributed by atoms with E-state index >= 15 is 0 Å². The summed E-state index contributed by atoms with van der Waals surface area (Å²) in [4.78, 5) is 0. The molecule has 0 amide bonds. The van der Waals surface area contributed by atoms with Crippen molar-refractivity contribution in [2.24, 2.45) is 0 Å². The summed E-state index contributed by atoms with van der Waals surface area (Å²) in [6, 6.07) is 6.89. The first-order valence-corrected chi connectivity index (χ1v) is 11.6. The highest BCUT2D eigenvalue weighted by Gasteiger charge is 2.08. The summed E-state index contributed by atoms with van der Waals surface area (Å²) in [5.74, 6) is 1.08. The fraction of sp³-hybridized carbons (Fsp3) is 0.500. The van der Waals surface area contributed by atoms with E-state index in [9.17, 15) is 0 Å². The molecular formula is C12H22OSi2. The largest absolute Gasteiger partial charge is 0.494 e. The molecule has 1 nitrogen and oxygen atoms in total. The van der Waals surface area contributed by atoms with E-state index in [2.05, 4.69) is 44.4 Å². The minimum Gasteiger partial charge on any atom is -0.494 e. The van der Waals surface area contributed by atoms with Crippen LogP contribution in [0.5, 0.6) is 5.75 Å². The Labute approximate surface area is 96.7 Å². The maximum Gasteiger partial charge on any atom is 0.119 e. The molecule has 1 aromatic carbocycles. The molecule has 1 aromatic rings. The molecule has 15 heavy (non-hydrogen) atoms. The Morgan fingerprint density at radius 3 is 1.73 bits per heavy atom. The molecule has 0 atom stereocenters. The Morgan fingerprint density at radius 1 is 0.933 bits per heavy atom. The molecule has 0 saturated carbocycles. The highest BCUT2D eigenvalue weighted by molar-refractivity contribution is 6.74. The SMILES string of the molecule is CCOc1cc([SiH](C)C)cc([SiH](C)C)c1. The second-order valence-electron chi connectivity index (χ2n) is 4.58. The van der Waals surface area contributed by atoms with E-state index in [-0.39, 0.29) is 0 Å². The van der Waals surface area contributed by atoms with Gasteiger partial charge in [0.1, 0.15) is 5.75 Å². The van der Waals surface area contributed by atoms with Gasteiger partial charge in [0.05, 0.1) is 24.2 Å². The summed E-state index contributed by atoms with van der Waals surface area (Å²) in [7, 11) is -1.42. The fourth-order valence-corrected chi connectivity index (χ4v) is 3.80. The Hall–Kier alpha value is -0.546. The van der Waals surface area contributed by atoms with Gasteiger partial charge in [0.25, 0.3) is 0 Å². The van der Waals surface area contributed by atoms with Gasteiger partial charge in [-0.25, -0.2) is 0 Å². The fourth-order valence-electron chi connectivity index (χ4n) is 1.56. The zero-order valence-electron chi connectivity index (χ0n) is 10.5. The highest BCUT2D eigenvalue weighted by Crippen LogP contribution is 2.07. The van der Waals surface area contributed by atoms with Crippen molar-refractivity contribution in [2.75, 3.05) is 6.61 Å². The van der Waals surface area contributed by atoms with Crippen molar-refractivity contribution in [3.63, 3.8) is 0 Å². The summed E-state index contributed by atoms with van der Waals surface area (Å²) in [6.45, 7) is 12.3. The zero-order chi connectivity index (χ0) is 11.4. The Morgan fingerprint density at radius 2 is 1.40 bits per heavy atom. The molecule has 0 saturated heterocycles. The molecule has 0 aromatic heterocycles. The third kappa shape index (κ3) is 3.50. The number of rotatable bonds is 4. The summed E-state index contributed by atoms with van der Waals surface area (Å²) in [6.07, 6.45) is 0. The van der Waals surface area contributed by atoms with Gasteiger partial charge in [-0.15, -0.1) is 0 Å². The second kappa shape index (κ2) is 5.51. The lowest BCUT2D eigenvalue weighted by Gasteiger charge is -2.13. The standard InChI is InChI=1S/C12H22OSi2/c1-6-13-10-7-11(14(2)3)9-12(8-10)15(4)5/h7-9,14-15H,6H2,1-5H3. The molecule has 0 heterocycles. The van der Waals surface area contributed by atoms with Gasteiger partial charge in [-0.1, -0.05) is 42.6 Å². The zero-order valence-corrected chi connectivity index (χ0v) is 12.8. The van der Waals surface area contributed by atoms with Gasteiger partial charge in [0, 0.05) is 0 Å². The number of hydrogen-bond donors (Lipinski definition) is 0. The monoisotopic (exact) mass is 238 g/mol. The molecule has 0 bridgehead atoms. The Bertz CT molecular complexity index is 295. The minimum absolute atomic E-state index is 0.709. The minimum atomic E-state index is -0.709. The van der Waals surface area contributed by atoms with E-state index in [0.717, 1.165) is 12.4 Å². The lowest BCUT2D eigenvalue weighted by molar-refractivity contribution is 0.341. The van der Waals surface area contributed by atoms with Crippen molar-refractivity contribution >= 4 is 28.0 Å². The van der Waals surface area contributed by atoms with E-state index in [1.165, 1.54) is 10.4 Å². The van der Waals surface area contributed by atoms with Gasteiger partial charge >= 0.3 is 0 Å². The molecule has 0 aliphatic rings. The lowest BCUT2D eigenvalue weighted by Crippen LogP contribution is -2.32. The molecule has 0 unspecified atom stereocenters.